The molecule has 0 spiro atoms. The predicted octanol–water partition coefficient (Wildman–Crippen LogP) is 3.38. The number of benzene rings is 1. The van der Waals surface area contributed by atoms with Gasteiger partial charge in [-0.3, -0.25) is 4.79 Å². The van der Waals surface area contributed by atoms with Crippen LogP contribution in [0.3, 0.4) is 0 Å². The SMILES string of the molecule is C=CCC(CC)C(C)Oc1cc(F)c(C(=O)NS(=O)(=O)N(C)C)cc1Cl. The number of halogens is 2. The molecule has 0 saturated carbocycles. The number of hydrogen-bond acceptors (Lipinski definition) is 4. The van der Waals surface area contributed by atoms with Crippen molar-refractivity contribution in [1.29, 1.82) is 0 Å². The molecule has 146 valence electrons. The van der Waals surface area contributed by atoms with E-state index in [1.54, 1.807) is 10.8 Å². The molecule has 0 aliphatic carbocycles. The molecular weight excluding hydrogens is 383 g/mol. The molecule has 2 atom stereocenters. The number of nitrogens with one attached hydrogen (secondary N) is 1. The Labute approximate surface area is 159 Å². The third-order valence-corrected chi connectivity index (χ3v) is 5.64. The lowest BCUT2D eigenvalue weighted by Crippen LogP contribution is -2.39. The summed E-state index contributed by atoms with van der Waals surface area (Å²) in [5.41, 5.74) is -0.487. The number of nitrogens with zero attached hydrogens (tertiary/aromatic N) is 1. The highest BCUT2D eigenvalue weighted by atomic mass is 35.5. The molecule has 0 aliphatic heterocycles. The highest BCUT2D eigenvalue weighted by Crippen LogP contribution is 2.30. The minimum Gasteiger partial charge on any atom is -0.489 e. The molecule has 0 aliphatic rings. The van der Waals surface area contributed by atoms with Gasteiger partial charge < -0.3 is 4.74 Å². The van der Waals surface area contributed by atoms with E-state index in [-0.39, 0.29) is 22.8 Å². The molecule has 0 radical (unpaired) electrons. The van der Waals surface area contributed by atoms with Crippen LogP contribution in [0.5, 0.6) is 5.75 Å². The summed E-state index contributed by atoms with van der Waals surface area (Å²) >= 11 is 6.10. The van der Waals surface area contributed by atoms with E-state index in [1.165, 1.54) is 14.1 Å². The molecule has 0 heterocycles. The fraction of sp³-hybridized carbons (Fsp3) is 0.471. The van der Waals surface area contributed by atoms with Crippen LogP contribution >= 0.6 is 11.6 Å². The largest absolute Gasteiger partial charge is 0.489 e. The second-order valence-corrected chi connectivity index (χ2v) is 8.29. The maximum atomic E-state index is 14.3. The molecule has 0 aromatic heterocycles. The van der Waals surface area contributed by atoms with Crippen molar-refractivity contribution >= 4 is 27.7 Å². The fourth-order valence-corrected chi connectivity index (χ4v) is 2.99. The Kier molecular flexibility index (Phi) is 8.05. The smallest absolute Gasteiger partial charge is 0.303 e. The first-order valence-corrected chi connectivity index (χ1v) is 9.86. The minimum atomic E-state index is -4.04. The highest BCUT2D eigenvalue weighted by Gasteiger charge is 2.23. The molecule has 1 amide bonds. The van der Waals surface area contributed by atoms with Gasteiger partial charge in [-0.2, -0.15) is 12.7 Å². The van der Waals surface area contributed by atoms with Crippen LogP contribution in [0.1, 0.15) is 37.0 Å². The number of ether oxygens (including phenoxy) is 1. The number of rotatable bonds is 9. The van der Waals surface area contributed by atoms with Crippen molar-refractivity contribution in [1.82, 2.24) is 9.03 Å². The third kappa shape index (κ3) is 5.69. The number of carbonyl (C=O) groups excluding carboxylic acids is 1. The fourth-order valence-electron chi connectivity index (χ4n) is 2.26. The summed E-state index contributed by atoms with van der Waals surface area (Å²) in [5, 5.41) is 0.0131. The van der Waals surface area contributed by atoms with E-state index in [9.17, 15) is 17.6 Å². The molecule has 26 heavy (non-hydrogen) atoms. The van der Waals surface area contributed by atoms with Gasteiger partial charge in [-0.25, -0.2) is 9.11 Å². The lowest BCUT2D eigenvalue weighted by atomic mass is 9.97. The summed E-state index contributed by atoms with van der Waals surface area (Å²) in [7, 11) is -1.56. The lowest BCUT2D eigenvalue weighted by molar-refractivity contribution is 0.0975. The molecule has 6 nitrogen and oxygen atoms in total. The van der Waals surface area contributed by atoms with Gasteiger partial charge in [0.2, 0.25) is 0 Å². The molecule has 1 aromatic carbocycles. The summed E-state index contributed by atoms with van der Waals surface area (Å²) in [6, 6.07) is 2.03. The van der Waals surface area contributed by atoms with Crippen molar-refractivity contribution in [3.05, 3.63) is 41.2 Å². The van der Waals surface area contributed by atoms with Crippen LogP contribution in [0.25, 0.3) is 0 Å². The van der Waals surface area contributed by atoms with Crippen molar-refractivity contribution in [3.63, 3.8) is 0 Å². The first-order valence-electron chi connectivity index (χ1n) is 8.04. The maximum Gasteiger partial charge on any atom is 0.303 e. The van der Waals surface area contributed by atoms with Gasteiger partial charge in [0.15, 0.2) is 0 Å². The van der Waals surface area contributed by atoms with E-state index in [1.807, 2.05) is 13.8 Å². The van der Waals surface area contributed by atoms with E-state index in [0.717, 1.165) is 29.3 Å². The van der Waals surface area contributed by atoms with Gasteiger partial charge in [0.25, 0.3) is 5.91 Å². The van der Waals surface area contributed by atoms with E-state index in [4.69, 9.17) is 16.3 Å². The summed E-state index contributed by atoms with van der Waals surface area (Å²) in [6.07, 6.45) is 3.12. The Balaban J connectivity index is 3.05. The average molecular weight is 407 g/mol. The monoisotopic (exact) mass is 406 g/mol. The molecule has 1 N–H and O–H groups in total. The molecule has 9 heteroatoms. The van der Waals surface area contributed by atoms with E-state index in [0.29, 0.717) is 0 Å². The minimum absolute atomic E-state index is 0.0131. The van der Waals surface area contributed by atoms with Crippen LogP contribution in [-0.4, -0.2) is 38.8 Å². The Morgan fingerprint density at radius 1 is 1.46 bits per heavy atom. The van der Waals surface area contributed by atoms with Gasteiger partial charge in [0, 0.05) is 20.2 Å². The van der Waals surface area contributed by atoms with Crippen molar-refractivity contribution in [2.45, 2.75) is 32.8 Å². The summed E-state index contributed by atoms with van der Waals surface area (Å²) in [6.45, 7) is 7.56. The zero-order chi connectivity index (χ0) is 20.1. The predicted molar refractivity (Wildman–Crippen MR) is 100 cm³/mol. The van der Waals surface area contributed by atoms with Crippen molar-refractivity contribution < 1.29 is 22.3 Å². The van der Waals surface area contributed by atoms with Gasteiger partial charge in [0.05, 0.1) is 16.7 Å². The Hall–Kier alpha value is -1.64. The van der Waals surface area contributed by atoms with Gasteiger partial charge >= 0.3 is 10.2 Å². The second kappa shape index (κ2) is 9.34. The van der Waals surface area contributed by atoms with E-state index >= 15 is 0 Å². The number of amides is 1. The third-order valence-electron chi connectivity index (χ3n) is 3.94. The van der Waals surface area contributed by atoms with Crippen LogP contribution in [0, 0.1) is 11.7 Å². The Morgan fingerprint density at radius 2 is 2.08 bits per heavy atom. The van der Waals surface area contributed by atoms with Crippen molar-refractivity contribution in [2.75, 3.05) is 14.1 Å². The molecule has 0 fully saturated rings. The van der Waals surface area contributed by atoms with Crippen LogP contribution in [0.15, 0.2) is 24.8 Å². The van der Waals surface area contributed by atoms with Crippen molar-refractivity contribution in [2.24, 2.45) is 5.92 Å². The van der Waals surface area contributed by atoms with Gasteiger partial charge in [0.1, 0.15) is 11.6 Å². The zero-order valence-corrected chi connectivity index (χ0v) is 16.8. The van der Waals surface area contributed by atoms with Crippen LogP contribution in [-0.2, 0) is 10.2 Å². The molecule has 2 unspecified atom stereocenters. The van der Waals surface area contributed by atoms with Crippen LogP contribution < -0.4 is 9.46 Å². The molecule has 1 rings (SSSR count). The second-order valence-electron chi connectivity index (χ2n) is 6.00. The van der Waals surface area contributed by atoms with Crippen LogP contribution in [0.4, 0.5) is 4.39 Å². The Morgan fingerprint density at radius 3 is 2.58 bits per heavy atom. The quantitative estimate of drug-likeness (QED) is 0.638. The normalized spacial score (nSPS) is 14.0. The number of carbonyl (C=O) groups is 1. The summed E-state index contributed by atoms with van der Waals surface area (Å²) < 4.78 is 46.0. The average Bonchev–Trinajstić information content (AvgIpc) is 2.54. The molecule has 0 bridgehead atoms. The van der Waals surface area contributed by atoms with Gasteiger partial charge in [-0.15, -0.1) is 6.58 Å². The molecular formula is C17H24ClFN2O4S. The van der Waals surface area contributed by atoms with Crippen LogP contribution in [0.2, 0.25) is 5.02 Å². The van der Waals surface area contributed by atoms with E-state index in [2.05, 4.69) is 6.58 Å². The van der Waals surface area contributed by atoms with Gasteiger partial charge in [-0.1, -0.05) is 24.6 Å². The Bertz CT molecular complexity index is 768. The maximum absolute atomic E-state index is 14.3. The highest BCUT2D eigenvalue weighted by molar-refractivity contribution is 7.87. The summed E-state index contributed by atoms with van der Waals surface area (Å²) in [4.78, 5) is 12.0. The van der Waals surface area contributed by atoms with Gasteiger partial charge in [-0.05, 0) is 31.7 Å². The molecule has 1 aromatic rings. The van der Waals surface area contributed by atoms with Crippen molar-refractivity contribution in [3.8, 4) is 5.75 Å². The zero-order valence-electron chi connectivity index (χ0n) is 15.3. The standard InChI is InChI=1S/C17H24ClFN2O4S/c1-6-8-12(7-2)11(3)25-16-10-15(19)13(9-14(16)18)17(22)20-26(23,24)21(4)5/h6,9-12H,1,7-8H2,2-5H3,(H,20,22). The van der Waals surface area contributed by atoms with E-state index < -0.39 is 27.5 Å². The first kappa shape index (κ1) is 22.4. The first-order chi connectivity index (χ1) is 12.0. The topological polar surface area (TPSA) is 75.7 Å². The lowest BCUT2D eigenvalue weighted by Gasteiger charge is -2.23. The molecule has 0 saturated heterocycles. The number of allylic oxidation sites excluding steroid dienone is 1. The number of hydrogen-bond donors (Lipinski definition) is 1. The summed E-state index contributed by atoms with van der Waals surface area (Å²) in [5.74, 6) is -1.78.